The first-order chi connectivity index (χ1) is 15.8. The van der Waals surface area contributed by atoms with Crippen LogP contribution < -0.4 is 15.2 Å². The molecule has 0 saturated carbocycles. The molecule has 166 valence electrons. The van der Waals surface area contributed by atoms with Crippen molar-refractivity contribution in [2.24, 2.45) is 0 Å². The molecule has 0 spiro atoms. The van der Waals surface area contributed by atoms with Gasteiger partial charge in [0.05, 0.1) is 10.6 Å². The number of benzene rings is 3. The van der Waals surface area contributed by atoms with Crippen molar-refractivity contribution in [3.05, 3.63) is 103 Å². The van der Waals surface area contributed by atoms with Gasteiger partial charge in [-0.2, -0.15) is 0 Å². The van der Waals surface area contributed by atoms with Crippen LogP contribution in [0.1, 0.15) is 11.1 Å². The molecule has 1 saturated heterocycles. The highest BCUT2D eigenvalue weighted by Crippen LogP contribution is 2.37. The molecule has 1 aliphatic rings. The SMILES string of the molecule is O=C1NN(c2ccccc2)C(=O)/C1=C\c1cc(Cl)cc([N+](=O)[O-])c1OCc1ccc(Br)cc1. The van der Waals surface area contributed by atoms with E-state index in [1.807, 2.05) is 12.1 Å². The molecule has 3 aromatic carbocycles. The second-order valence-corrected chi connectivity index (χ2v) is 8.34. The summed E-state index contributed by atoms with van der Waals surface area (Å²) in [6.07, 6.45) is 1.25. The van der Waals surface area contributed by atoms with Gasteiger partial charge in [0.1, 0.15) is 12.2 Å². The van der Waals surface area contributed by atoms with Crippen molar-refractivity contribution >= 4 is 56.8 Å². The average molecular weight is 529 g/mol. The third-order valence-corrected chi connectivity index (χ3v) is 5.51. The minimum atomic E-state index is -0.648. The molecule has 8 nitrogen and oxygen atoms in total. The van der Waals surface area contributed by atoms with E-state index in [2.05, 4.69) is 21.4 Å². The van der Waals surface area contributed by atoms with Gasteiger partial charge in [-0.15, -0.1) is 0 Å². The fourth-order valence-electron chi connectivity index (χ4n) is 3.21. The fourth-order valence-corrected chi connectivity index (χ4v) is 3.69. The summed E-state index contributed by atoms with van der Waals surface area (Å²) in [4.78, 5) is 36.5. The fraction of sp³-hybridized carbons (Fsp3) is 0.0435. The molecule has 10 heteroatoms. The maximum absolute atomic E-state index is 12.9. The molecule has 1 fully saturated rings. The van der Waals surface area contributed by atoms with Gasteiger partial charge in [-0.3, -0.25) is 25.1 Å². The smallest absolute Gasteiger partial charge is 0.313 e. The first-order valence-electron chi connectivity index (χ1n) is 9.61. The summed E-state index contributed by atoms with van der Waals surface area (Å²) in [7, 11) is 0. The van der Waals surface area contributed by atoms with E-state index in [0.29, 0.717) is 5.69 Å². The van der Waals surface area contributed by atoms with Crippen LogP contribution in [0, 0.1) is 10.1 Å². The number of nitrogens with one attached hydrogen (secondary N) is 1. The number of carbonyl (C=O) groups is 2. The van der Waals surface area contributed by atoms with Crippen molar-refractivity contribution in [1.29, 1.82) is 0 Å². The largest absolute Gasteiger partial charge is 0.482 e. The minimum absolute atomic E-state index is 0.0300. The second kappa shape index (κ2) is 9.43. The van der Waals surface area contributed by atoms with Gasteiger partial charge in [-0.05, 0) is 42.0 Å². The zero-order valence-electron chi connectivity index (χ0n) is 16.8. The number of carbonyl (C=O) groups excluding carboxylic acids is 2. The van der Waals surface area contributed by atoms with Gasteiger partial charge in [0, 0.05) is 21.1 Å². The number of anilines is 1. The Hall–Kier alpha value is -3.69. The maximum Gasteiger partial charge on any atom is 0.313 e. The van der Waals surface area contributed by atoms with Crippen LogP contribution in [0.4, 0.5) is 11.4 Å². The minimum Gasteiger partial charge on any atom is -0.482 e. The summed E-state index contributed by atoms with van der Waals surface area (Å²) in [6, 6.07) is 18.4. The van der Waals surface area contributed by atoms with E-state index in [1.165, 1.54) is 12.1 Å². The summed E-state index contributed by atoms with van der Waals surface area (Å²) in [6.45, 7) is 0.0300. The molecule has 4 rings (SSSR count). The van der Waals surface area contributed by atoms with E-state index in [-0.39, 0.29) is 34.2 Å². The predicted molar refractivity (Wildman–Crippen MR) is 127 cm³/mol. The Kier molecular flexibility index (Phi) is 6.43. The van der Waals surface area contributed by atoms with Crippen LogP contribution in [-0.4, -0.2) is 16.7 Å². The highest BCUT2D eigenvalue weighted by atomic mass is 79.9. The Balaban J connectivity index is 1.72. The Labute approximate surface area is 201 Å². The van der Waals surface area contributed by atoms with Gasteiger partial charge in [0.15, 0.2) is 0 Å². The van der Waals surface area contributed by atoms with Crippen molar-refractivity contribution in [2.45, 2.75) is 6.61 Å². The van der Waals surface area contributed by atoms with Crippen LogP contribution in [0.25, 0.3) is 6.08 Å². The van der Waals surface area contributed by atoms with Crippen molar-refractivity contribution in [2.75, 3.05) is 5.01 Å². The van der Waals surface area contributed by atoms with Gasteiger partial charge < -0.3 is 4.74 Å². The molecule has 3 aromatic rings. The van der Waals surface area contributed by atoms with Gasteiger partial charge >= 0.3 is 5.69 Å². The van der Waals surface area contributed by atoms with Crippen LogP contribution in [-0.2, 0) is 16.2 Å². The molecule has 1 heterocycles. The number of nitrogens with zero attached hydrogens (tertiary/aromatic N) is 2. The van der Waals surface area contributed by atoms with Gasteiger partial charge in [0.2, 0.25) is 5.75 Å². The molecule has 0 aliphatic carbocycles. The van der Waals surface area contributed by atoms with Gasteiger partial charge in [0.25, 0.3) is 11.8 Å². The zero-order valence-corrected chi connectivity index (χ0v) is 19.2. The molecule has 0 bridgehead atoms. The quantitative estimate of drug-likeness (QED) is 0.209. The average Bonchev–Trinajstić information content (AvgIpc) is 3.08. The number of para-hydroxylation sites is 1. The van der Waals surface area contributed by atoms with Crippen molar-refractivity contribution in [3.8, 4) is 5.75 Å². The molecule has 2 amide bonds. The molecule has 0 radical (unpaired) electrons. The van der Waals surface area contributed by atoms with E-state index in [1.54, 1.807) is 42.5 Å². The van der Waals surface area contributed by atoms with Crippen LogP contribution in [0.15, 0.2) is 76.8 Å². The zero-order chi connectivity index (χ0) is 23.5. The predicted octanol–water partition coefficient (Wildman–Crippen LogP) is 5.05. The van der Waals surface area contributed by atoms with Crippen molar-refractivity contribution < 1.29 is 19.2 Å². The Morgan fingerprint density at radius 3 is 2.45 bits per heavy atom. The number of ether oxygens (including phenoxy) is 1. The first kappa shape index (κ1) is 22.5. The van der Waals surface area contributed by atoms with E-state index < -0.39 is 16.7 Å². The Morgan fingerprint density at radius 2 is 1.79 bits per heavy atom. The standard InChI is InChI=1S/C23H15BrClN3O5/c24-16-8-6-14(7-9-16)13-33-21-15(10-17(25)12-20(21)28(31)32)11-19-22(29)26-27(23(19)30)18-4-2-1-3-5-18/h1-12H,13H2,(H,26,29)/b19-11-. The Bertz CT molecular complexity index is 1280. The molecule has 0 atom stereocenters. The molecule has 33 heavy (non-hydrogen) atoms. The van der Waals surface area contributed by atoms with Crippen molar-refractivity contribution in [1.82, 2.24) is 5.43 Å². The number of halogens is 2. The molecular formula is C23H15BrClN3O5. The first-order valence-corrected chi connectivity index (χ1v) is 10.8. The summed E-state index contributed by atoms with van der Waals surface area (Å²) >= 11 is 9.44. The van der Waals surface area contributed by atoms with Crippen LogP contribution in [0.5, 0.6) is 5.75 Å². The van der Waals surface area contributed by atoms with Crippen molar-refractivity contribution in [3.63, 3.8) is 0 Å². The Morgan fingerprint density at radius 1 is 1.09 bits per heavy atom. The van der Waals surface area contributed by atoms with Gasteiger partial charge in [-0.1, -0.05) is 57.9 Å². The van der Waals surface area contributed by atoms with E-state index >= 15 is 0 Å². The third kappa shape index (κ3) is 4.89. The lowest BCUT2D eigenvalue weighted by molar-refractivity contribution is -0.385. The monoisotopic (exact) mass is 527 g/mol. The number of rotatable bonds is 6. The molecule has 1 aliphatic heterocycles. The summed E-state index contributed by atoms with van der Waals surface area (Å²) in [5.41, 5.74) is 3.29. The molecule has 1 N–H and O–H groups in total. The lowest BCUT2D eigenvalue weighted by Gasteiger charge is -2.14. The topological polar surface area (TPSA) is 102 Å². The normalized spacial score (nSPS) is 14.5. The number of hydrogen-bond acceptors (Lipinski definition) is 5. The molecule has 0 unspecified atom stereocenters. The number of nitro benzene ring substituents is 1. The summed E-state index contributed by atoms with van der Waals surface area (Å²) in [5, 5.41) is 12.8. The summed E-state index contributed by atoms with van der Waals surface area (Å²) < 4.78 is 6.66. The third-order valence-electron chi connectivity index (χ3n) is 4.76. The van der Waals surface area contributed by atoms with E-state index in [4.69, 9.17) is 16.3 Å². The lowest BCUT2D eigenvalue weighted by Crippen LogP contribution is -2.35. The van der Waals surface area contributed by atoms with Crippen LogP contribution >= 0.6 is 27.5 Å². The van der Waals surface area contributed by atoms with Crippen LogP contribution in [0.3, 0.4) is 0 Å². The molecular weight excluding hydrogens is 514 g/mol. The highest BCUT2D eigenvalue weighted by molar-refractivity contribution is 9.10. The number of nitro groups is 1. The van der Waals surface area contributed by atoms with E-state index in [9.17, 15) is 19.7 Å². The molecule has 0 aromatic heterocycles. The number of amides is 2. The second-order valence-electron chi connectivity index (χ2n) is 6.99. The van der Waals surface area contributed by atoms with E-state index in [0.717, 1.165) is 21.1 Å². The number of hydrazine groups is 1. The lowest BCUT2D eigenvalue weighted by atomic mass is 10.1. The number of hydrogen-bond donors (Lipinski definition) is 1. The maximum atomic E-state index is 12.9. The highest BCUT2D eigenvalue weighted by Gasteiger charge is 2.35. The van der Waals surface area contributed by atoms with Gasteiger partial charge in [-0.25, -0.2) is 5.01 Å². The summed E-state index contributed by atoms with van der Waals surface area (Å²) in [5.74, 6) is -1.35. The van der Waals surface area contributed by atoms with Crippen LogP contribution in [0.2, 0.25) is 5.02 Å².